The van der Waals surface area contributed by atoms with Crippen LogP contribution in [0.5, 0.6) is 0 Å². The minimum absolute atomic E-state index is 1.75. The molecule has 0 spiro atoms. The molecule has 0 aromatic heterocycles. The minimum atomic E-state index is 1.75. The second-order valence-corrected chi connectivity index (χ2v) is 0.408. The summed E-state index contributed by atoms with van der Waals surface area (Å²) in [5.41, 5.74) is 0. The monoisotopic (exact) mass is 551 g/mol. The lowest BCUT2D eigenvalue weighted by Crippen LogP contribution is -1.07. The van der Waals surface area contributed by atoms with Crippen molar-refractivity contribution in [3.8, 4) is 0 Å². The molecule has 254 valence electrons. The van der Waals surface area contributed by atoms with Gasteiger partial charge in [-0.15, -0.1) is 19.7 Å². The average molecular weight is 551 g/mol. The van der Waals surface area contributed by atoms with Crippen LogP contribution in [0.2, 0.25) is 0 Å². The smallest absolute Gasteiger partial charge is 0.0473 e. The van der Waals surface area contributed by atoms with Crippen LogP contribution in [0.1, 0.15) is 228 Å². The summed E-state index contributed by atoms with van der Waals surface area (Å²) in [4.78, 5) is 0. The van der Waals surface area contributed by atoms with Crippen LogP contribution in [-0.4, -0.2) is 0 Å². The first-order chi connectivity index (χ1) is 18.4. The van der Waals surface area contributed by atoms with E-state index in [0.29, 0.717) is 0 Å². The van der Waals surface area contributed by atoms with Crippen LogP contribution >= 0.6 is 0 Å². The Morgan fingerprint density at radius 2 is 0.216 bits per heavy atom. The van der Waals surface area contributed by atoms with E-state index in [9.17, 15) is 0 Å². The predicted octanol–water partition coefficient (Wildman–Crippen LogP) is 18.4. The van der Waals surface area contributed by atoms with Gasteiger partial charge in [-0.25, -0.2) is 0 Å². The second-order valence-electron chi connectivity index (χ2n) is 0.408. The molecule has 0 heterocycles. The molecular weight excluding hydrogens is 444 g/mol. The van der Waals surface area contributed by atoms with Crippen molar-refractivity contribution in [3.05, 3.63) is 25.8 Å². The maximum absolute atomic E-state index is 3.36. The molecule has 0 amide bonds. The summed E-state index contributed by atoms with van der Waals surface area (Å²) >= 11 is 0. The zero-order valence-electron chi connectivity index (χ0n) is 35.7. The maximum atomic E-state index is 3.36. The largest absolute Gasteiger partial charge is 0.106 e. The van der Waals surface area contributed by atoms with Crippen molar-refractivity contribution in [2.75, 3.05) is 0 Å². The maximum Gasteiger partial charge on any atom is -0.0473 e. The van der Waals surface area contributed by atoms with E-state index >= 15 is 0 Å². The summed E-state index contributed by atoms with van der Waals surface area (Å²) in [5.74, 6) is 0. The fourth-order valence-corrected chi connectivity index (χ4v) is 0. The first-order valence-corrected chi connectivity index (χ1v) is 17.5. The molecule has 0 aromatic rings. The van der Waals surface area contributed by atoms with Crippen LogP contribution in [0.15, 0.2) is 25.8 Å². The Kier molecular flexibility index (Phi) is 665000. The molecule has 0 unspecified atom stereocenters. The Morgan fingerprint density at radius 3 is 0.216 bits per heavy atom. The summed E-state index contributed by atoms with van der Waals surface area (Å²) in [6.45, 7) is 75.2. The van der Waals surface area contributed by atoms with E-state index in [2.05, 4.69) is 19.7 Å². The topological polar surface area (TPSA) is 0 Å². The van der Waals surface area contributed by atoms with Gasteiger partial charge in [0, 0.05) is 0 Å². The first-order valence-electron chi connectivity index (χ1n) is 17.5. The van der Waals surface area contributed by atoms with Gasteiger partial charge in [-0.2, -0.15) is 0 Å². The Morgan fingerprint density at radius 1 is 0.216 bits per heavy atom. The average Bonchev–Trinajstić information content (AvgIpc) is 3.13. The third kappa shape index (κ3) is 147000. The Balaban J connectivity index is -0.00000000647. The Bertz CT molecular complexity index is 14.0. The number of rotatable bonds is 0. The standard InChI is InChI=1S/C3H6.16C2H6.C2H4/c1-3-2;17*1-2/h3H,1H2,2H3;16*1-2H3;1-2H2. The molecule has 0 fully saturated rings. The van der Waals surface area contributed by atoms with Crippen molar-refractivity contribution in [2.45, 2.75) is 228 Å². The van der Waals surface area contributed by atoms with Gasteiger partial charge in [0.15, 0.2) is 0 Å². The van der Waals surface area contributed by atoms with Gasteiger partial charge in [0.2, 0.25) is 0 Å². The molecule has 0 bridgehead atoms. The molecule has 0 saturated heterocycles. The SMILES string of the molecule is C=C.C=CC.CC.CC.CC.CC.CC.CC.CC.CC.CC.CC.CC.CC.CC.CC.CC.CC. The zero-order valence-corrected chi connectivity index (χ0v) is 35.7. The summed E-state index contributed by atoms with van der Waals surface area (Å²) in [6, 6.07) is 0. The van der Waals surface area contributed by atoms with Gasteiger partial charge in [-0.05, 0) is 6.92 Å². The van der Waals surface area contributed by atoms with Crippen molar-refractivity contribution in [1.82, 2.24) is 0 Å². The molecule has 0 heteroatoms. The number of hydrogen-bond acceptors (Lipinski definition) is 0. The van der Waals surface area contributed by atoms with Crippen molar-refractivity contribution in [1.29, 1.82) is 0 Å². The van der Waals surface area contributed by atoms with Gasteiger partial charge in [0.1, 0.15) is 0 Å². The molecule has 0 radical (unpaired) electrons. The number of allylic oxidation sites excluding steroid dienone is 1. The fourth-order valence-electron chi connectivity index (χ4n) is 0. The van der Waals surface area contributed by atoms with Crippen molar-refractivity contribution in [2.24, 2.45) is 0 Å². The summed E-state index contributed by atoms with van der Waals surface area (Å²) in [5, 5.41) is 0. The molecule has 0 saturated carbocycles. The van der Waals surface area contributed by atoms with Crippen LogP contribution in [0.3, 0.4) is 0 Å². The summed E-state index contributed by atoms with van der Waals surface area (Å²) in [7, 11) is 0. The highest BCUT2D eigenvalue weighted by Gasteiger charge is 1.15. The highest BCUT2D eigenvalue weighted by atomic mass is 13.2. The van der Waals surface area contributed by atoms with E-state index in [1.807, 2.05) is 228 Å². The van der Waals surface area contributed by atoms with Gasteiger partial charge in [0.05, 0.1) is 0 Å². The molecule has 0 N–H and O–H groups in total. The molecule has 37 heavy (non-hydrogen) atoms. The first kappa shape index (κ1) is 134. The van der Waals surface area contributed by atoms with Gasteiger partial charge < -0.3 is 0 Å². The molecule has 0 aliphatic heterocycles. The van der Waals surface area contributed by atoms with Crippen LogP contribution in [0.25, 0.3) is 0 Å². The lowest BCUT2D eigenvalue weighted by molar-refractivity contribution is 1.50. The molecule has 0 rings (SSSR count). The van der Waals surface area contributed by atoms with E-state index in [0.717, 1.165) is 0 Å². The fraction of sp³-hybridized carbons (Fsp3) is 0.892. The predicted molar refractivity (Wildman–Crippen MR) is 209 cm³/mol. The van der Waals surface area contributed by atoms with Gasteiger partial charge in [-0.3, -0.25) is 0 Å². The van der Waals surface area contributed by atoms with Crippen molar-refractivity contribution in [3.63, 3.8) is 0 Å². The van der Waals surface area contributed by atoms with E-state index in [1.165, 1.54) is 0 Å². The third-order valence-electron chi connectivity index (χ3n) is 0. The Labute approximate surface area is 254 Å². The van der Waals surface area contributed by atoms with Gasteiger partial charge >= 0.3 is 0 Å². The lowest BCUT2D eigenvalue weighted by atomic mass is 10.8. The van der Waals surface area contributed by atoms with Crippen LogP contribution in [0.4, 0.5) is 0 Å². The van der Waals surface area contributed by atoms with Crippen LogP contribution in [0, 0.1) is 0 Å². The van der Waals surface area contributed by atoms with E-state index < -0.39 is 0 Å². The molecule has 0 nitrogen and oxygen atoms in total. The van der Waals surface area contributed by atoms with Gasteiger partial charge in [-0.1, -0.05) is 228 Å². The number of hydrogen-bond donors (Lipinski definition) is 0. The zero-order chi connectivity index (χ0) is 36.7. The molecule has 0 atom stereocenters. The van der Waals surface area contributed by atoms with Crippen molar-refractivity contribution >= 4 is 0 Å². The van der Waals surface area contributed by atoms with Crippen LogP contribution < -0.4 is 0 Å². The highest BCUT2D eigenvalue weighted by molar-refractivity contribution is 4.51. The normalized spacial score (nSPS) is 3.05. The summed E-state index contributed by atoms with van der Waals surface area (Å²) in [6.07, 6.45) is 1.75. The van der Waals surface area contributed by atoms with E-state index in [-0.39, 0.29) is 0 Å². The minimum Gasteiger partial charge on any atom is -0.106 e. The lowest BCUT2D eigenvalue weighted by Gasteiger charge is -1.31. The second kappa shape index (κ2) is 183000. The van der Waals surface area contributed by atoms with Gasteiger partial charge in [0.25, 0.3) is 0 Å². The molecule has 0 aliphatic rings. The molecular formula is C37H106. The summed E-state index contributed by atoms with van der Waals surface area (Å²) < 4.78 is 0. The molecule has 0 aliphatic carbocycles. The third-order valence-corrected chi connectivity index (χ3v) is 0. The van der Waals surface area contributed by atoms with E-state index in [1.54, 1.807) is 6.08 Å². The highest BCUT2D eigenvalue weighted by Crippen LogP contribution is 1.38. The van der Waals surface area contributed by atoms with Crippen molar-refractivity contribution < 1.29 is 0 Å². The Hall–Kier alpha value is -0.520. The quantitative estimate of drug-likeness (QED) is 0.263. The van der Waals surface area contributed by atoms with E-state index in [4.69, 9.17) is 0 Å². The van der Waals surface area contributed by atoms with Crippen LogP contribution in [-0.2, 0) is 0 Å². The molecule has 0 aromatic carbocycles.